The maximum Gasteiger partial charge on any atom is 0.407 e. The summed E-state index contributed by atoms with van der Waals surface area (Å²) in [6, 6.07) is 0. The second-order valence-corrected chi connectivity index (χ2v) is 6.69. The Morgan fingerprint density at radius 3 is 2.43 bits per heavy atom. The lowest BCUT2D eigenvalue weighted by Crippen LogP contribution is -2.62. The molecule has 2 rings (SSSR count). The summed E-state index contributed by atoms with van der Waals surface area (Å²) in [6.07, 6.45) is 1.62. The molecule has 0 unspecified atom stereocenters. The van der Waals surface area contributed by atoms with Gasteiger partial charge in [0.25, 0.3) is 0 Å². The molecule has 6 nitrogen and oxygen atoms in total. The van der Waals surface area contributed by atoms with Crippen LogP contribution in [0.2, 0.25) is 0 Å². The smallest absolute Gasteiger partial charge is 0.407 e. The van der Waals surface area contributed by atoms with Crippen molar-refractivity contribution in [1.29, 1.82) is 0 Å². The molecule has 2 heterocycles. The average Bonchev–Trinajstić information content (AvgIpc) is 2.42. The topological polar surface area (TPSA) is 56.8 Å². The third kappa shape index (κ3) is 5.13. The van der Waals surface area contributed by atoms with Crippen molar-refractivity contribution >= 4 is 6.09 Å². The summed E-state index contributed by atoms with van der Waals surface area (Å²) in [4.78, 5) is 16.9. The highest BCUT2D eigenvalue weighted by Gasteiger charge is 2.37. The predicted molar refractivity (Wildman–Crippen MR) is 83.5 cm³/mol. The number of likely N-dealkylation sites (tertiary alicyclic amines) is 1. The molecule has 0 atom stereocenters. The third-order valence-electron chi connectivity index (χ3n) is 4.39. The van der Waals surface area contributed by atoms with Crippen LogP contribution in [0.4, 0.5) is 4.79 Å². The molecular formula is C15H30N4O2. The quantitative estimate of drug-likeness (QED) is 0.791. The summed E-state index contributed by atoms with van der Waals surface area (Å²) in [7, 11) is 2.14. The highest BCUT2D eigenvalue weighted by molar-refractivity contribution is 5.68. The molecule has 1 amide bonds. The van der Waals surface area contributed by atoms with E-state index in [2.05, 4.69) is 27.5 Å². The number of piperazine rings is 1. The first-order valence-electron chi connectivity index (χ1n) is 8.09. The number of ether oxygens (including phenoxy) is 1. The van der Waals surface area contributed by atoms with Crippen LogP contribution in [0, 0.1) is 0 Å². The van der Waals surface area contributed by atoms with Gasteiger partial charge < -0.3 is 20.3 Å². The van der Waals surface area contributed by atoms with E-state index in [-0.39, 0.29) is 17.7 Å². The average molecular weight is 298 g/mol. The van der Waals surface area contributed by atoms with E-state index in [1.165, 1.54) is 0 Å². The van der Waals surface area contributed by atoms with E-state index in [9.17, 15) is 4.79 Å². The fourth-order valence-corrected chi connectivity index (χ4v) is 3.13. The Morgan fingerprint density at radius 1 is 1.24 bits per heavy atom. The van der Waals surface area contributed by atoms with Crippen LogP contribution in [0.15, 0.2) is 0 Å². The Labute approximate surface area is 128 Å². The van der Waals surface area contributed by atoms with E-state index < -0.39 is 0 Å². The molecule has 0 aromatic heterocycles. The van der Waals surface area contributed by atoms with Gasteiger partial charge in [0, 0.05) is 45.8 Å². The molecule has 0 aromatic carbocycles. The lowest BCUT2D eigenvalue weighted by Gasteiger charge is -2.44. The molecule has 2 aliphatic heterocycles. The van der Waals surface area contributed by atoms with Crippen molar-refractivity contribution in [3.8, 4) is 0 Å². The van der Waals surface area contributed by atoms with Gasteiger partial charge in [0.2, 0.25) is 0 Å². The Balaban J connectivity index is 1.97. The number of hydrogen-bond donors (Lipinski definition) is 2. The summed E-state index contributed by atoms with van der Waals surface area (Å²) >= 11 is 0. The third-order valence-corrected chi connectivity index (χ3v) is 4.39. The zero-order valence-electron chi connectivity index (χ0n) is 13.7. The molecule has 6 heteroatoms. The van der Waals surface area contributed by atoms with Crippen LogP contribution in [0.25, 0.3) is 0 Å². The van der Waals surface area contributed by atoms with Gasteiger partial charge >= 0.3 is 6.09 Å². The van der Waals surface area contributed by atoms with Gasteiger partial charge in [0.05, 0.1) is 11.6 Å². The highest BCUT2D eigenvalue weighted by atomic mass is 16.6. The van der Waals surface area contributed by atoms with Gasteiger partial charge in [-0.2, -0.15) is 0 Å². The van der Waals surface area contributed by atoms with Crippen LogP contribution in [0.5, 0.6) is 0 Å². The molecule has 0 bridgehead atoms. The van der Waals surface area contributed by atoms with Crippen molar-refractivity contribution in [2.45, 2.75) is 38.3 Å². The first-order chi connectivity index (χ1) is 9.99. The summed E-state index contributed by atoms with van der Waals surface area (Å²) in [6.45, 7) is 10.9. The van der Waals surface area contributed by atoms with Crippen LogP contribution in [-0.4, -0.2) is 80.4 Å². The Bertz CT molecular complexity index is 335. The van der Waals surface area contributed by atoms with E-state index >= 15 is 0 Å². The standard InChI is InChI=1S/C15H30N4O2/c1-13(2)21-14(20)17-15(4-8-18(3)9-5-15)12-19-10-6-16-7-11-19/h13,16H,4-12H2,1-3H3,(H,17,20). The molecule has 0 saturated carbocycles. The molecule has 0 spiro atoms. The number of nitrogens with one attached hydrogen (secondary N) is 2. The molecule has 2 fully saturated rings. The lowest BCUT2D eigenvalue weighted by atomic mass is 9.87. The number of alkyl carbamates (subject to hydrolysis) is 1. The number of carbonyl (C=O) groups is 1. The number of nitrogens with zero attached hydrogens (tertiary/aromatic N) is 2. The van der Waals surface area contributed by atoms with Crippen LogP contribution in [0.3, 0.4) is 0 Å². The van der Waals surface area contributed by atoms with Crippen molar-refractivity contribution < 1.29 is 9.53 Å². The Hall–Kier alpha value is -0.850. The Morgan fingerprint density at radius 2 is 1.86 bits per heavy atom. The van der Waals surface area contributed by atoms with E-state index in [0.29, 0.717) is 0 Å². The van der Waals surface area contributed by atoms with Gasteiger partial charge in [0.15, 0.2) is 0 Å². The maximum atomic E-state index is 12.1. The fraction of sp³-hybridized carbons (Fsp3) is 0.933. The molecule has 122 valence electrons. The minimum atomic E-state index is -0.273. The van der Waals surface area contributed by atoms with Crippen molar-refractivity contribution in [3.63, 3.8) is 0 Å². The van der Waals surface area contributed by atoms with Gasteiger partial charge in [-0.3, -0.25) is 4.90 Å². The molecule has 2 aliphatic rings. The first-order valence-corrected chi connectivity index (χ1v) is 8.09. The summed E-state index contributed by atoms with van der Waals surface area (Å²) in [5.41, 5.74) is -0.143. The monoisotopic (exact) mass is 298 g/mol. The Kier molecular flexibility index (Phi) is 5.84. The normalized spacial score (nSPS) is 24.0. The van der Waals surface area contributed by atoms with E-state index in [4.69, 9.17) is 4.74 Å². The van der Waals surface area contributed by atoms with E-state index in [1.54, 1.807) is 0 Å². The van der Waals surface area contributed by atoms with Crippen LogP contribution >= 0.6 is 0 Å². The molecule has 2 N–H and O–H groups in total. The largest absolute Gasteiger partial charge is 0.447 e. The summed E-state index contributed by atoms with van der Waals surface area (Å²) < 4.78 is 5.30. The van der Waals surface area contributed by atoms with Gasteiger partial charge in [-0.25, -0.2) is 4.79 Å². The van der Waals surface area contributed by atoms with Gasteiger partial charge in [-0.1, -0.05) is 0 Å². The van der Waals surface area contributed by atoms with Crippen molar-refractivity contribution in [1.82, 2.24) is 20.4 Å². The van der Waals surface area contributed by atoms with Gasteiger partial charge in [0.1, 0.15) is 0 Å². The summed E-state index contributed by atoms with van der Waals surface area (Å²) in [5, 5.41) is 6.56. The first kappa shape index (κ1) is 16.5. The number of carbonyl (C=O) groups excluding carboxylic acids is 1. The van der Waals surface area contributed by atoms with E-state index in [0.717, 1.165) is 58.7 Å². The minimum Gasteiger partial charge on any atom is -0.447 e. The highest BCUT2D eigenvalue weighted by Crippen LogP contribution is 2.23. The van der Waals surface area contributed by atoms with Crippen molar-refractivity contribution in [3.05, 3.63) is 0 Å². The van der Waals surface area contributed by atoms with Gasteiger partial charge in [-0.15, -0.1) is 0 Å². The zero-order valence-corrected chi connectivity index (χ0v) is 13.7. The molecule has 2 saturated heterocycles. The SMILES string of the molecule is CC(C)OC(=O)NC1(CN2CCNCC2)CCN(C)CC1. The number of hydrogen-bond acceptors (Lipinski definition) is 5. The van der Waals surface area contributed by atoms with Crippen LogP contribution in [-0.2, 0) is 4.74 Å². The van der Waals surface area contributed by atoms with Gasteiger partial charge in [-0.05, 0) is 33.7 Å². The number of piperidine rings is 1. The van der Waals surface area contributed by atoms with Crippen LogP contribution < -0.4 is 10.6 Å². The molecule has 21 heavy (non-hydrogen) atoms. The predicted octanol–water partition coefficient (Wildman–Crippen LogP) is 0.491. The molecular weight excluding hydrogens is 268 g/mol. The molecule has 0 aromatic rings. The number of amides is 1. The fourth-order valence-electron chi connectivity index (χ4n) is 3.13. The second kappa shape index (κ2) is 7.42. The molecule has 0 aliphatic carbocycles. The van der Waals surface area contributed by atoms with Crippen molar-refractivity contribution in [2.24, 2.45) is 0 Å². The summed E-state index contributed by atoms with van der Waals surface area (Å²) in [5.74, 6) is 0. The zero-order chi connectivity index (χ0) is 15.3. The number of rotatable bonds is 4. The molecule has 0 radical (unpaired) electrons. The second-order valence-electron chi connectivity index (χ2n) is 6.69. The van der Waals surface area contributed by atoms with Crippen LogP contribution in [0.1, 0.15) is 26.7 Å². The van der Waals surface area contributed by atoms with E-state index in [1.807, 2.05) is 13.8 Å². The minimum absolute atomic E-state index is 0.0764. The lowest BCUT2D eigenvalue weighted by molar-refractivity contribution is 0.0700. The van der Waals surface area contributed by atoms with Crippen molar-refractivity contribution in [2.75, 3.05) is 52.9 Å². The maximum absolute atomic E-state index is 12.1.